The lowest BCUT2D eigenvalue weighted by Gasteiger charge is -2.28. The minimum atomic E-state index is -3.00. The van der Waals surface area contributed by atoms with E-state index in [9.17, 15) is 18.0 Å². The van der Waals surface area contributed by atoms with E-state index in [0.29, 0.717) is 25.9 Å². The molecule has 2 aliphatic rings. The van der Waals surface area contributed by atoms with E-state index in [1.807, 2.05) is 6.92 Å². The molecule has 0 aromatic rings. The predicted molar refractivity (Wildman–Crippen MR) is 70.3 cm³/mol. The van der Waals surface area contributed by atoms with Crippen LogP contribution in [0, 0.1) is 0 Å². The Balaban J connectivity index is 1.97. The summed E-state index contributed by atoms with van der Waals surface area (Å²) < 4.78 is 23.0. The summed E-state index contributed by atoms with van der Waals surface area (Å²) in [5.41, 5.74) is 0. The number of hydrogen-bond acceptors (Lipinski definition) is 4. The van der Waals surface area contributed by atoms with Gasteiger partial charge < -0.3 is 9.80 Å². The normalized spacial score (nSPS) is 25.8. The highest BCUT2D eigenvalue weighted by Gasteiger charge is 2.35. The number of sulfone groups is 1. The lowest BCUT2D eigenvalue weighted by molar-refractivity contribution is -0.139. The molecule has 6 nitrogen and oxygen atoms in total. The fraction of sp³-hybridized carbons (Fsp3) is 0.833. The molecular formula is C12H20N2O4S. The van der Waals surface area contributed by atoms with Crippen molar-refractivity contribution in [3.8, 4) is 0 Å². The van der Waals surface area contributed by atoms with Crippen molar-refractivity contribution < 1.29 is 18.0 Å². The molecule has 0 bridgehead atoms. The summed E-state index contributed by atoms with van der Waals surface area (Å²) in [4.78, 5) is 26.9. The second-order valence-corrected chi connectivity index (χ2v) is 7.38. The summed E-state index contributed by atoms with van der Waals surface area (Å²) in [6, 6.07) is -0.222. The van der Waals surface area contributed by atoms with Gasteiger partial charge in [-0.3, -0.25) is 9.59 Å². The van der Waals surface area contributed by atoms with E-state index in [-0.39, 0.29) is 35.9 Å². The van der Waals surface area contributed by atoms with E-state index in [1.165, 1.54) is 0 Å². The molecule has 108 valence electrons. The first kappa shape index (κ1) is 14.3. The van der Waals surface area contributed by atoms with Crippen molar-refractivity contribution in [2.24, 2.45) is 0 Å². The molecule has 1 atom stereocenters. The van der Waals surface area contributed by atoms with Gasteiger partial charge in [0.05, 0.1) is 18.1 Å². The molecule has 1 unspecified atom stereocenters. The smallest absolute Gasteiger partial charge is 0.242 e. The summed E-state index contributed by atoms with van der Waals surface area (Å²) in [6.07, 6.45) is 1.82. The van der Waals surface area contributed by atoms with Crippen molar-refractivity contribution in [2.75, 3.05) is 31.1 Å². The third-order valence-electron chi connectivity index (χ3n) is 3.81. The first-order valence-electron chi connectivity index (χ1n) is 6.70. The van der Waals surface area contributed by atoms with Crippen molar-refractivity contribution in [3.63, 3.8) is 0 Å². The van der Waals surface area contributed by atoms with Crippen LogP contribution in [0.1, 0.15) is 26.2 Å². The molecular weight excluding hydrogens is 268 g/mol. The summed E-state index contributed by atoms with van der Waals surface area (Å²) in [5.74, 6) is 0.0910. The standard InChI is InChI=1S/C12H20N2O4S/c1-2-14(10-5-7-19(17,18)9-10)12(16)8-13-6-3-4-11(13)15/h10H,2-9H2,1H3. The highest BCUT2D eigenvalue weighted by atomic mass is 32.2. The molecule has 0 radical (unpaired) electrons. The van der Waals surface area contributed by atoms with Gasteiger partial charge in [0.1, 0.15) is 0 Å². The van der Waals surface area contributed by atoms with Crippen LogP contribution in [0.5, 0.6) is 0 Å². The lowest BCUT2D eigenvalue weighted by atomic mass is 10.2. The van der Waals surface area contributed by atoms with Crippen LogP contribution in [-0.4, -0.2) is 67.2 Å². The Morgan fingerprint density at radius 2 is 2.21 bits per heavy atom. The molecule has 0 saturated carbocycles. The minimum Gasteiger partial charge on any atom is -0.337 e. The first-order chi connectivity index (χ1) is 8.93. The third kappa shape index (κ3) is 3.26. The van der Waals surface area contributed by atoms with Crippen LogP contribution in [0.2, 0.25) is 0 Å². The first-order valence-corrected chi connectivity index (χ1v) is 8.53. The number of likely N-dealkylation sites (N-methyl/N-ethyl adjacent to an activating group) is 1. The van der Waals surface area contributed by atoms with Gasteiger partial charge in [-0.05, 0) is 19.8 Å². The second-order valence-electron chi connectivity index (χ2n) is 5.16. The zero-order valence-electron chi connectivity index (χ0n) is 11.2. The van der Waals surface area contributed by atoms with E-state index in [2.05, 4.69) is 0 Å². The Kier molecular flexibility index (Phi) is 4.13. The molecule has 0 aromatic carbocycles. The van der Waals surface area contributed by atoms with E-state index >= 15 is 0 Å². The monoisotopic (exact) mass is 288 g/mol. The highest BCUT2D eigenvalue weighted by molar-refractivity contribution is 7.91. The zero-order valence-corrected chi connectivity index (χ0v) is 12.0. The van der Waals surface area contributed by atoms with Crippen LogP contribution in [0.25, 0.3) is 0 Å². The largest absolute Gasteiger partial charge is 0.337 e. The van der Waals surface area contributed by atoms with Gasteiger partial charge in [0.15, 0.2) is 9.84 Å². The zero-order chi connectivity index (χ0) is 14.0. The SMILES string of the molecule is CCN(C(=O)CN1CCCC1=O)C1CCS(=O)(=O)C1. The van der Waals surface area contributed by atoms with E-state index in [0.717, 1.165) is 6.42 Å². The van der Waals surface area contributed by atoms with Gasteiger partial charge in [-0.2, -0.15) is 0 Å². The van der Waals surface area contributed by atoms with Crippen molar-refractivity contribution >= 4 is 21.7 Å². The Bertz CT molecular complexity index is 474. The van der Waals surface area contributed by atoms with Crippen LogP contribution in [0.3, 0.4) is 0 Å². The predicted octanol–water partition coefficient (Wildman–Crippen LogP) is -0.356. The Labute approximate surface area is 113 Å². The molecule has 19 heavy (non-hydrogen) atoms. The summed E-state index contributed by atoms with van der Waals surface area (Å²) >= 11 is 0. The number of amides is 2. The number of rotatable bonds is 4. The molecule has 2 saturated heterocycles. The number of nitrogens with zero attached hydrogens (tertiary/aromatic N) is 2. The summed E-state index contributed by atoms with van der Waals surface area (Å²) in [7, 11) is -3.00. The molecule has 0 spiro atoms. The number of carbonyl (C=O) groups is 2. The molecule has 2 rings (SSSR count). The molecule has 2 amide bonds. The molecule has 0 aliphatic carbocycles. The minimum absolute atomic E-state index is 0.0171. The Morgan fingerprint density at radius 3 is 2.68 bits per heavy atom. The fourth-order valence-electron chi connectivity index (χ4n) is 2.78. The van der Waals surface area contributed by atoms with Crippen molar-refractivity contribution in [1.82, 2.24) is 9.80 Å². The number of hydrogen-bond donors (Lipinski definition) is 0. The molecule has 7 heteroatoms. The van der Waals surface area contributed by atoms with Crippen LogP contribution < -0.4 is 0 Å². The fourth-order valence-corrected chi connectivity index (χ4v) is 4.52. The molecule has 2 fully saturated rings. The molecule has 2 heterocycles. The average Bonchev–Trinajstić information content (AvgIpc) is 2.87. The number of likely N-dealkylation sites (tertiary alicyclic amines) is 1. The Morgan fingerprint density at radius 1 is 1.47 bits per heavy atom. The van der Waals surface area contributed by atoms with Crippen molar-refractivity contribution in [2.45, 2.75) is 32.2 Å². The highest BCUT2D eigenvalue weighted by Crippen LogP contribution is 2.18. The van der Waals surface area contributed by atoms with Crippen LogP contribution in [-0.2, 0) is 19.4 Å². The van der Waals surface area contributed by atoms with Gasteiger partial charge in [-0.15, -0.1) is 0 Å². The summed E-state index contributed by atoms with van der Waals surface area (Å²) in [6.45, 7) is 3.05. The van der Waals surface area contributed by atoms with Crippen LogP contribution >= 0.6 is 0 Å². The van der Waals surface area contributed by atoms with Gasteiger partial charge in [-0.25, -0.2) is 8.42 Å². The van der Waals surface area contributed by atoms with Crippen LogP contribution in [0.4, 0.5) is 0 Å². The second kappa shape index (κ2) is 5.48. The van der Waals surface area contributed by atoms with Crippen molar-refractivity contribution in [1.29, 1.82) is 0 Å². The maximum absolute atomic E-state index is 12.2. The van der Waals surface area contributed by atoms with Gasteiger partial charge in [0, 0.05) is 25.6 Å². The number of carbonyl (C=O) groups excluding carboxylic acids is 2. The lowest BCUT2D eigenvalue weighted by Crippen LogP contribution is -2.46. The summed E-state index contributed by atoms with van der Waals surface area (Å²) in [5, 5.41) is 0. The van der Waals surface area contributed by atoms with Crippen molar-refractivity contribution in [3.05, 3.63) is 0 Å². The van der Waals surface area contributed by atoms with E-state index < -0.39 is 9.84 Å². The van der Waals surface area contributed by atoms with Gasteiger partial charge >= 0.3 is 0 Å². The van der Waals surface area contributed by atoms with Gasteiger partial charge in [0.25, 0.3) is 0 Å². The maximum atomic E-state index is 12.2. The maximum Gasteiger partial charge on any atom is 0.242 e. The molecule has 2 aliphatic heterocycles. The van der Waals surface area contributed by atoms with E-state index in [4.69, 9.17) is 0 Å². The topological polar surface area (TPSA) is 74.8 Å². The Hall–Kier alpha value is -1.11. The quantitative estimate of drug-likeness (QED) is 0.708. The molecule has 0 aromatic heterocycles. The van der Waals surface area contributed by atoms with E-state index in [1.54, 1.807) is 9.80 Å². The van der Waals surface area contributed by atoms with Gasteiger partial charge in [-0.1, -0.05) is 0 Å². The van der Waals surface area contributed by atoms with Gasteiger partial charge in [0.2, 0.25) is 11.8 Å². The van der Waals surface area contributed by atoms with Crippen LogP contribution in [0.15, 0.2) is 0 Å². The molecule has 0 N–H and O–H groups in total. The third-order valence-corrected chi connectivity index (χ3v) is 5.56. The average molecular weight is 288 g/mol.